The third kappa shape index (κ3) is 4.54. The van der Waals surface area contributed by atoms with E-state index in [1.54, 1.807) is 12.5 Å². The molecule has 3 aromatic heterocycles. The fraction of sp³-hybridized carbons (Fsp3) is 0.240. The molecule has 0 bridgehead atoms. The normalized spacial score (nSPS) is 15.2. The minimum absolute atomic E-state index is 0.327. The molecule has 0 aliphatic carbocycles. The zero-order valence-electron chi connectivity index (χ0n) is 17.8. The third-order valence-electron chi connectivity index (χ3n) is 5.39. The van der Waals surface area contributed by atoms with Gasteiger partial charge in [-0.15, -0.1) is 0 Å². The van der Waals surface area contributed by atoms with Gasteiger partial charge in [-0.25, -0.2) is 0 Å². The van der Waals surface area contributed by atoms with Crippen LogP contribution in [0.1, 0.15) is 33.9 Å². The van der Waals surface area contributed by atoms with Crippen LogP contribution in [0, 0.1) is 0 Å². The molecule has 4 aromatic rings. The average Bonchev–Trinajstić information content (AvgIpc) is 3.62. The Morgan fingerprint density at radius 3 is 2.78 bits per heavy atom. The molecule has 1 N–H and O–H groups in total. The smallest absolute Gasteiger partial charge is 0.152 e. The number of hydrogen-bond donors (Lipinski definition) is 1. The molecule has 1 unspecified atom stereocenters. The Labute approximate surface area is 191 Å². The summed E-state index contributed by atoms with van der Waals surface area (Å²) in [7, 11) is 1.00. The van der Waals surface area contributed by atoms with Crippen molar-refractivity contribution in [1.82, 2.24) is 14.8 Å². The molecular formula is C25H25N3O3S. The number of hydrogen-bond acceptors (Lipinski definition) is 6. The van der Waals surface area contributed by atoms with E-state index < -0.39 is 0 Å². The first-order valence-corrected chi connectivity index (χ1v) is 11.6. The minimum Gasteiger partial charge on any atom is -0.463 e. The largest absolute Gasteiger partial charge is 0.463 e. The molecule has 32 heavy (non-hydrogen) atoms. The van der Waals surface area contributed by atoms with Gasteiger partial charge in [0, 0.05) is 36.6 Å². The lowest BCUT2D eigenvalue weighted by Crippen LogP contribution is -2.11. The number of benzene rings is 1. The minimum atomic E-state index is 0.327. The third-order valence-corrected chi connectivity index (χ3v) is 6.54. The lowest BCUT2D eigenvalue weighted by atomic mass is 9.98. The molecule has 164 valence electrons. The number of aromatic nitrogens is 3. The number of thioether (sulfide) groups is 1. The van der Waals surface area contributed by atoms with Gasteiger partial charge in [0.05, 0.1) is 18.0 Å². The summed E-state index contributed by atoms with van der Waals surface area (Å²) in [5, 5.41) is 12.1. The standard InChI is InChI=1S/C24H21N3O2S.CH4O/c28-15-18-6-3-5-17(13-18)14-20-23(21-7-1-2-10-25-21)26-27(19-9-12-30-16-19)24(20)22-8-4-11-29-22;1-2/h1-8,10-11,13,15,19H,9,12,14,16H2;2H,1H3. The Morgan fingerprint density at radius 1 is 1.19 bits per heavy atom. The van der Waals surface area contributed by atoms with E-state index in [-0.39, 0.29) is 0 Å². The van der Waals surface area contributed by atoms with Crippen LogP contribution in [0.3, 0.4) is 0 Å². The summed E-state index contributed by atoms with van der Waals surface area (Å²) in [6.07, 6.45) is 6.11. The van der Waals surface area contributed by atoms with Gasteiger partial charge < -0.3 is 9.52 Å². The maximum atomic E-state index is 11.3. The van der Waals surface area contributed by atoms with Gasteiger partial charge in [-0.1, -0.05) is 24.3 Å². The fourth-order valence-corrected chi connectivity index (χ4v) is 5.16. The van der Waals surface area contributed by atoms with Crippen molar-refractivity contribution in [3.05, 3.63) is 83.7 Å². The highest BCUT2D eigenvalue weighted by atomic mass is 32.2. The van der Waals surface area contributed by atoms with Gasteiger partial charge in [-0.2, -0.15) is 16.9 Å². The quantitative estimate of drug-likeness (QED) is 0.424. The summed E-state index contributed by atoms with van der Waals surface area (Å²) in [4.78, 5) is 15.9. The average molecular weight is 448 g/mol. The highest BCUT2D eigenvalue weighted by molar-refractivity contribution is 7.99. The predicted molar refractivity (Wildman–Crippen MR) is 127 cm³/mol. The van der Waals surface area contributed by atoms with Crippen LogP contribution in [0.4, 0.5) is 0 Å². The molecule has 0 saturated carbocycles. The van der Waals surface area contributed by atoms with E-state index in [0.717, 1.165) is 65.3 Å². The van der Waals surface area contributed by atoms with Crippen molar-refractivity contribution in [2.45, 2.75) is 18.9 Å². The summed E-state index contributed by atoms with van der Waals surface area (Å²) < 4.78 is 7.99. The van der Waals surface area contributed by atoms with Crippen LogP contribution in [0.5, 0.6) is 0 Å². The summed E-state index contributed by atoms with van der Waals surface area (Å²) in [5.41, 5.74) is 5.52. The molecule has 4 heterocycles. The molecule has 1 fully saturated rings. The molecule has 1 saturated heterocycles. The van der Waals surface area contributed by atoms with Crippen LogP contribution in [0.15, 0.2) is 71.5 Å². The van der Waals surface area contributed by atoms with Gasteiger partial charge in [0.2, 0.25) is 0 Å². The van der Waals surface area contributed by atoms with E-state index in [2.05, 4.69) is 9.67 Å². The molecule has 0 spiro atoms. The van der Waals surface area contributed by atoms with E-state index in [9.17, 15) is 4.79 Å². The van der Waals surface area contributed by atoms with Crippen molar-refractivity contribution in [1.29, 1.82) is 0 Å². The van der Waals surface area contributed by atoms with E-state index in [1.165, 1.54) is 0 Å². The van der Waals surface area contributed by atoms with Crippen molar-refractivity contribution >= 4 is 18.0 Å². The zero-order valence-corrected chi connectivity index (χ0v) is 18.7. The van der Waals surface area contributed by atoms with Gasteiger partial charge in [0.1, 0.15) is 17.7 Å². The number of carbonyl (C=O) groups is 1. The highest BCUT2D eigenvalue weighted by Gasteiger charge is 2.28. The molecule has 7 heteroatoms. The molecular weight excluding hydrogens is 422 g/mol. The van der Waals surface area contributed by atoms with Crippen LogP contribution in [0.2, 0.25) is 0 Å². The Bertz CT molecular complexity index is 1150. The molecule has 1 atom stereocenters. The number of aliphatic hydroxyl groups is 1. The molecule has 1 aliphatic heterocycles. The van der Waals surface area contributed by atoms with Gasteiger partial charge in [0.25, 0.3) is 0 Å². The van der Waals surface area contributed by atoms with Crippen molar-refractivity contribution in [3.8, 4) is 22.8 Å². The summed E-state index contributed by atoms with van der Waals surface area (Å²) in [6.45, 7) is 0. The Kier molecular flexibility index (Phi) is 7.19. The number of aldehydes is 1. The summed E-state index contributed by atoms with van der Waals surface area (Å²) >= 11 is 1.96. The van der Waals surface area contributed by atoms with Crippen LogP contribution in [-0.4, -0.2) is 44.8 Å². The van der Waals surface area contributed by atoms with E-state index in [1.807, 2.05) is 66.4 Å². The predicted octanol–water partition coefficient (Wildman–Crippen LogP) is 4.89. The van der Waals surface area contributed by atoms with Crippen molar-refractivity contribution in [3.63, 3.8) is 0 Å². The number of carbonyl (C=O) groups excluding carboxylic acids is 1. The molecule has 1 aromatic carbocycles. The van der Waals surface area contributed by atoms with Gasteiger partial charge in [-0.3, -0.25) is 14.5 Å². The summed E-state index contributed by atoms with van der Waals surface area (Å²) in [5.74, 6) is 2.98. The van der Waals surface area contributed by atoms with Gasteiger partial charge in [-0.05, 0) is 48.1 Å². The van der Waals surface area contributed by atoms with E-state index in [4.69, 9.17) is 14.6 Å². The molecule has 6 nitrogen and oxygen atoms in total. The number of rotatable bonds is 6. The zero-order chi connectivity index (χ0) is 22.3. The van der Waals surface area contributed by atoms with Crippen LogP contribution >= 0.6 is 11.8 Å². The Morgan fingerprint density at radius 2 is 2.09 bits per heavy atom. The van der Waals surface area contributed by atoms with Crippen LogP contribution in [0.25, 0.3) is 22.8 Å². The SMILES string of the molecule is CO.O=Cc1cccc(Cc2c(-c3ccccn3)nn(C3CCSC3)c2-c2ccco2)c1. The van der Waals surface area contributed by atoms with E-state index in [0.29, 0.717) is 18.0 Å². The van der Waals surface area contributed by atoms with E-state index >= 15 is 0 Å². The molecule has 0 amide bonds. The molecule has 1 aliphatic rings. The Balaban J connectivity index is 0.00000119. The first kappa shape index (κ1) is 22.0. The number of pyridine rings is 1. The number of nitrogens with zero attached hydrogens (tertiary/aromatic N) is 3. The lowest BCUT2D eigenvalue weighted by Gasteiger charge is -2.13. The molecule has 5 rings (SSSR count). The topological polar surface area (TPSA) is 81.1 Å². The van der Waals surface area contributed by atoms with Gasteiger partial charge in [0.15, 0.2) is 5.76 Å². The maximum Gasteiger partial charge on any atom is 0.152 e. The highest BCUT2D eigenvalue weighted by Crippen LogP contribution is 2.38. The number of furan rings is 1. The summed E-state index contributed by atoms with van der Waals surface area (Å²) in [6, 6.07) is 17.8. The molecule has 0 radical (unpaired) electrons. The van der Waals surface area contributed by atoms with Crippen molar-refractivity contribution in [2.24, 2.45) is 0 Å². The van der Waals surface area contributed by atoms with Crippen molar-refractivity contribution < 1.29 is 14.3 Å². The second-order valence-electron chi connectivity index (χ2n) is 7.37. The first-order chi connectivity index (χ1) is 15.8. The second-order valence-corrected chi connectivity index (χ2v) is 8.52. The Hall–Kier alpha value is -3.16. The lowest BCUT2D eigenvalue weighted by molar-refractivity contribution is 0.112. The number of aliphatic hydroxyl groups excluding tert-OH is 1. The van der Waals surface area contributed by atoms with Crippen molar-refractivity contribution in [2.75, 3.05) is 18.6 Å². The van der Waals surface area contributed by atoms with Gasteiger partial charge >= 0.3 is 0 Å². The first-order valence-electron chi connectivity index (χ1n) is 10.5. The fourth-order valence-electron chi connectivity index (χ4n) is 3.98. The van der Waals surface area contributed by atoms with Crippen LogP contribution < -0.4 is 0 Å². The van der Waals surface area contributed by atoms with Crippen LogP contribution in [-0.2, 0) is 6.42 Å². The monoisotopic (exact) mass is 447 g/mol. The maximum absolute atomic E-state index is 11.3. The second kappa shape index (κ2) is 10.4.